The monoisotopic (exact) mass is 222 g/mol. The summed E-state index contributed by atoms with van der Waals surface area (Å²) in [7, 11) is 0. The molecule has 0 radical (unpaired) electrons. The Morgan fingerprint density at radius 1 is 0.389 bits per heavy atom. The van der Waals surface area contributed by atoms with Gasteiger partial charge >= 0.3 is 0 Å². The van der Waals surface area contributed by atoms with E-state index in [4.69, 9.17) is 0 Å². The molecule has 0 aromatic carbocycles. The van der Waals surface area contributed by atoms with E-state index in [-0.39, 0.29) is 0 Å². The molecule has 1 aliphatic rings. The largest absolute Gasteiger partial charge is 0.0746 e. The molecule has 0 fully saturated rings. The van der Waals surface area contributed by atoms with Crippen LogP contribution in [0.5, 0.6) is 0 Å². The van der Waals surface area contributed by atoms with Crippen LogP contribution in [0.2, 0.25) is 0 Å². The molecule has 1 rings (SSSR count). The highest BCUT2D eigenvalue weighted by molar-refractivity contribution is 5.55. The Morgan fingerprint density at radius 3 is 0.722 bits per heavy atom. The van der Waals surface area contributed by atoms with Crippen LogP contribution in [0.25, 0.3) is 0 Å². The fourth-order valence-electron chi connectivity index (χ4n) is 0.734. The van der Waals surface area contributed by atoms with Crippen molar-refractivity contribution in [3.05, 3.63) is 36.5 Å². The summed E-state index contributed by atoms with van der Waals surface area (Å²) in [5, 5.41) is 0. The summed E-state index contributed by atoms with van der Waals surface area (Å²) < 4.78 is 0. The lowest BCUT2D eigenvalue weighted by Crippen LogP contribution is -1.68. The van der Waals surface area contributed by atoms with Crippen LogP contribution in [-0.2, 0) is 0 Å². The van der Waals surface area contributed by atoms with Gasteiger partial charge in [-0.1, -0.05) is 19.7 Å². The van der Waals surface area contributed by atoms with Gasteiger partial charge in [0.15, 0.2) is 0 Å². The highest BCUT2D eigenvalue weighted by Crippen LogP contribution is 1.85. The average molecular weight is 222 g/mol. The quantitative estimate of drug-likeness (QED) is 0.547. The molecule has 0 heteroatoms. The topological polar surface area (TPSA) is 0 Å². The summed E-state index contributed by atoms with van der Waals surface area (Å²) >= 11 is 0. The van der Waals surface area contributed by atoms with Crippen LogP contribution in [-0.4, -0.2) is 0 Å². The summed E-state index contributed by atoms with van der Waals surface area (Å²) in [5.74, 6) is 31.7. The lowest BCUT2D eigenvalue weighted by Gasteiger charge is -1.75. The molecule has 0 amide bonds. The van der Waals surface area contributed by atoms with Crippen molar-refractivity contribution in [2.75, 3.05) is 0 Å². The van der Waals surface area contributed by atoms with Gasteiger partial charge in [-0.3, -0.25) is 0 Å². The maximum atomic E-state index is 3.66. The van der Waals surface area contributed by atoms with Gasteiger partial charge in [-0.2, -0.15) is 0 Å². The zero-order chi connectivity index (χ0) is 13.2. The molecule has 78 valence electrons. The van der Waals surface area contributed by atoms with Gasteiger partial charge in [0.1, 0.15) is 0 Å². The first-order chi connectivity index (χ1) is 8.68. The summed E-state index contributed by atoms with van der Waals surface area (Å²) in [6.45, 7) is 11.0. The van der Waals surface area contributed by atoms with Crippen molar-refractivity contribution in [1.29, 1.82) is 0 Å². The predicted molar refractivity (Wildman–Crippen MR) is 74.1 cm³/mol. The fourth-order valence-corrected chi connectivity index (χ4v) is 0.734. The van der Waals surface area contributed by atoms with Gasteiger partial charge in [-0.15, -0.1) is 0 Å². The highest BCUT2D eigenvalue weighted by Gasteiger charge is 1.79. The first-order valence-electron chi connectivity index (χ1n) is 4.81. The molecular formula is C18H6. The Kier molecular flexibility index (Phi) is 4.89. The van der Waals surface area contributed by atoms with Crippen molar-refractivity contribution in [2.45, 2.75) is 0 Å². The molecule has 0 aliphatic heterocycles. The minimum absolute atomic E-state index is 0.446. The van der Waals surface area contributed by atoms with Gasteiger partial charge in [-0.25, -0.2) is 0 Å². The molecule has 0 atom stereocenters. The third-order valence-electron chi connectivity index (χ3n) is 1.47. The molecule has 0 saturated heterocycles. The summed E-state index contributed by atoms with van der Waals surface area (Å²) in [6.07, 6.45) is 0. The first-order valence-corrected chi connectivity index (χ1v) is 4.81. The van der Waals surface area contributed by atoms with E-state index in [1.807, 2.05) is 0 Å². The molecule has 0 heterocycles. The van der Waals surface area contributed by atoms with Gasteiger partial charge in [0, 0.05) is 0 Å². The van der Waals surface area contributed by atoms with E-state index in [0.717, 1.165) is 0 Å². The van der Waals surface area contributed by atoms with Crippen molar-refractivity contribution in [1.82, 2.24) is 0 Å². The minimum Gasteiger partial charge on any atom is -0.0746 e. The van der Waals surface area contributed by atoms with E-state index in [2.05, 4.69) is 90.8 Å². The standard InChI is InChI=1S/C18H6/c1-16-10-4-6-12-17(2)14-8-9-15-18(3)13-7-5-11-16/h1-3H2. The summed E-state index contributed by atoms with van der Waals surface area (Å²) in [5.41, 5.74) is 1.34. The Hall–Kier alpha value is -3.42. The Labute approximate surface area is 108 Å². The normalized spacial score (nSPS) is 11.7. The summed E-state index contributed by atoms with van der Waals surface area (Å²) in [6, 6.07) is 0. The van der Waals surface area contributed by atoms with Crippen LogP contribution in [0, 0.1) is 71.0 Å². The summed E-state index contributed by atoms with van der Waals surface area (Å²) in [4.78, 5) is 0. The van der Waals surface area contributed by atoms with E-state index in [1.165, 1.54) is 0 Å². The van der Waals surface area contributed by atoms with Crippen LogP contribution in [0.4, 0.5) is 0 Å². The van der Waals surface area contributed by atoms with Crippen molar-refractivity contribution < 1.29 is 0 Å². The van der Waals surface area contributed by atoms with Crippen LogP contribution in [0.15, 0.2) is 36.5 Å². The lowest BCUT2D eigenvalue weighted by atomic mass is 10.3. The third kappa shape index (κ3) is 5.46. The zero-order valence-electron chi connectivity index (χ0n) is 9.62. The van der Waals surface area contributed by atoms with Gasteiger partial charge in [0.25, 0.3) is 0 Å². The number of hydrogen-bond acceptors (Lipinski definition) is 0. The van der Waals surface area contributed by atoms with Crippen LogP contribution in [0.1, 0.15) is 0 Å². The first kappa shape index (κ1) is 12.6. The second-order valence-electron chi connectivity index (χ2n) is 2.94. The van der Waals surface area contributed by atoms with Crippen molar-refractivity contribution in [3.8, 4) is 71.0 Å². The molecule has 0 nitrogen and oxygen atoms in total. The van der Waals surface area contributed by atoms with Gasteiger partial charge < -0.3 is 0 Å². The Balaban J connectivity index is 3.16. The van der Waals surface area contributed by atoms with E-state index in [9.17, 15) is 0 Å². The molecule has 0 saturated carbocycles. The lowest BCUT2D eigenvalue weighted by molar-refractivity contribution is 1.96. The number of hydrogen-bond donors (Lipinski definition) is 0. The SMILES string of the molecule is C=C1C#CC#CC(=C)C#CC#CC(=C)C#CC#C1. The third-order valence-corrected chi connectivity index (χ3v) is 1.47. The molecule has 0 bridgehead atoms. The smallest absolute Gasteiger partial charge is 0.0692 e. The van der Waals surface area contributed by atoms with E-state index in [1.54, 1.807) is 0 Å². The van der Waals surface area contributed by atoms with Gasteiger partial charge in [-0.05, 0) is 71.0 Å². The van der Waals surface area contributed by atoms with Gasteiger partial charge in [0.2, 0.25) is 0 Å². The highest BCUT2D eigenvalue weighted by atomic mass is 13.8. The number of allylic oxidation sites excluding steroid dienone is 3. The average Bonchev–Trinajstić information content (AvgIpc) is 2.35. The van der Waals surface area contributed by atoms with Gasteiger partial charge in [0.05, 0.1) is 16.7 Å². The predicted octanol–water partition coefficient (Wildman–Crippen LogP) is 1.69. The maximum absolute atomic E-state index is 3.66. The molecular weight excluding hydrogens is 216 g/mol. The van der Waals surface area contributed by atoms with Crippen molar-refractivity contribution in [3.63, 3.8) is 0 Å². The molecule has 0 aromatic heterocycles. The molecule has 18 heavy (non-hydrogen) atoms. The van der Waals surface area contributed by atoms with E-state index < -0.39 is 0 Å². The Morgan fingerprint density at radius 2 is 0.556 bits per heavy atom. The minimum atomic E-state index is 0.446. The van der Waals surface area contributed by atoms with E-state index >= 15 is 0 Å². The fraction of sp³-hybridized carbons (Fsp3) is 0. The second-order valence-corrected chi connectivity index (χ2v) is 2.94. The molecule has 0 spiro atoms. The van der Waals surface area contributed by atoms with Crippen molar-refractivity contribution in [2.24, 2.45) is 0 Å². The van der Waals surface area contributed by atoms with Crippen molar-refractivity contribution >= 4 is 0 Å². The molecule has 0 N–H and O–H groups in total. The molecule has 0 aromatic rings. The second kappa shape index (κ2) is 6.95. The maximum Gasteiger partial charge on any atom is 0.0692 e. The molecule has 0 unspecified atom stereocenters. The Bertz CT molecular complexity index is 611. The molecule has 1 aliphatic carbocycles. The van der Waals surface area contributed by atoms with E-state index in [0.29, 0.717) is 16.7 Å². The van der Waals surface area contributed by atoms with Crippen LogP contribution >= 0.6 is 0 Å². The van der Waals surface area contributed by atoms with Crippen LogP contribution < -0.4 is 0 Å². The zero-order valence-corrected chi connectivity index (χ0v) is 9.62. The number of rotatable bonds is 0. The van der Waals surface area contributed by atoms with Crippen LogP contribution in [0.3, 0.4) is 0 Å².